The molecule has 0 saturated carbocycles. The maximum absolute atomic E-state index is 6.40. The van der Waals surface area contributed by atoms with Crippen molar-refractivity contribution in [1.82, 2.24) is 10.2 Å². The zero-order valence-corrected chi connectivity index (χ0v) is 13.4. The van der Waals surface area contributed by atoms with Crippen LogP contribution in [0.1, 0.15) is 44.2 Å². The Morgan fingerprint density at radius 2 is 2.10 bits per heavy atom. The van der Waals surface area contributed by atoms with E-state index in [1.54, 1.807) is 0 Å². The van der Waals surface area contributed by atoms with Crippen LogP contribution < -0.4 is 5.32 Å². The summed E-state index contributed by atoms with van der Waals surface area (Å²) in [4.78, 5) is 2.61. The summed E-state index contributed by atoms with van der Waals surface area (Å²) in [5.41, 5.74) is 1.16. The molecule has 2 aliphatic heterocycles. The minimum absolute atomic E-state index is 0.330. The number of benzene rings is 1. The fraction of sp³-hybridized carbons (Fsp3) is 0.625. The molecular weight excluding hydrogens is 291 g/mol. The molecule has 1 aromatic carbocycles. The van der Waals surface area contributed by atoms with Crippen LogP contribution in [0, 0.1) is 0 Å². The van der Waals surface area contributed by atoms with Crippen LogP contribution >= 0.6 is 23.2 Å². The summed E-state index contributed by atoms with van der Waals surface area (Å²) in [5, 5.41) is 5.03. The van der Waals surface area contributed by atoms with Gasteiger partial charge in [-0.1, -0.05) is 35.3 Å². The molecule has 3 rings (SSSR count). The zero-order chi connectivity index (χ0) is 14.1. The molecule has 2 heterocycles. The highest BCUT2D eigenvalue weighted by molar-refractivity contribution is 6.42. The average Bonchev–Trinajstić information content (AvgIpc) is 3.10. The highest BCUT2D eigenvalue weighted by atomic mass is 35.5. The van der Waals surface area contributed by atoms with Gasteiger partial charge < -0.3 is 5.32 Å². The van der Waals surface area contributed by atoms with Gasteiger partial charge in [0, 0.05) is 18.1 Å². The fourth-order valence-corrected chi connectivity index (χ4v) is 4.26. The Balaban J connectivity index is 1.81. The highest BCUT2D eigenvalue weighted by Crippen LogP contribution is 2.37. The summed E-state index contributed by atoms with van der Waals surface area (Å²) >= 11 is 12.6. The molecular formula is C16H22Cl2N2. The molecule has 1 aromatic rings. The molecule has 2 fully saturated rings. The lowest BCUT2D eigenvalue weighted by Gasteiger charge is -2.35. The van der Waals surface area contributed by atoms with Gasteiger partial charge in [-0.3, -0.25) is 4.90 Å². The Morgan fingerprint density at radius 1 is 1.25 bits per heavy atom. The number of rotatable bonds is 3. The van der Waals surface area contributed by atoms with Gasteiger partial charge in [0.2, 0.25) is 0 Å². The summed E-state index contributed by atoms with van der Waals surface area (Å²) in [6, 6.07) is 7.59. The Bertz CT molecular complexity index is 472. The number of halogens is 2. The third kappa shape index (κ3) is 2.71. The molecule has 2 saturated heterocycles. The topological polar surface area (TPSA) is 15.3 Å². The first-order valence-electron chi connectivity index (χ1n) is 7.61. The van der Waals surface area contributed by atoms with Crippen molar-refractivity contribution < 1.29 is 0 Å². The molecule has 1 N–H and O–H groups in total. The van der Waals surface area contributed by atoms with Gasteiger partial charge in [0.1, 0.15) is 0 Å². The standard InChI is InChI=1S/C16H22Cl2N2/c1-11(12-5-2-6-13(17)16(12)18)20-10-4-8-15(20)14-7-3-9-19-14/h2,5-6,11,14-15,19H,3-4,7-10H2,1H3. The lowest BCUT2D eigenvalue weighted by Crippen LogP contribution is -2.44. The maximum Gasteiger partial charge on any atom is 0.0640 e. The molecule has 0 amide bonds. The van der Waals surface area contributed by atoms with Gasteiger partial charge in [0.15, 0.2) is 0 Å². The zero-order valence-electron chi connectivity index (χ0n) is 11.9. The van der Waals surface area contributed by atoms with E-state index in [2.05, 4.69) is 23.2 Å². The molecule has 2 nitrogen and oxygen atoms in total. The molecule has 3 unspecified atom stereocenters. The second-order valence-electron chi connectivity index (χ2n) is 5.97. The third-order valence-corrected chi connectivity index (χ3v) is 5.67. The van der Waals surface area contributed by atoms with E-state index in [1.807, 2.05) is 12.1 Å². The van der Waals surface area contributed by atoms with Gasteiger partial charge in [-0.2, -0.15) is 0 Å². The van der Waals surface area contributed by atoms with Gasteiger partial charge in [-0.05, 0) is 57.3 Å². The van der Waals surface area contributed by atoms with E-state index in [0.717, 1.165) is 12.1 Å². The van der Waals surface area contributed by atoms with E-state index >= 15 is 0 Å². The van der Waals surface area contributed by atoms with Crippen LogP contribution in [0.4, 0.5) is 0 Å². The molecule has 0 aromatic heterocycles. The van der Waals surface area contributed by atoms with Crippen molar-refractivity contribution in [3.8, 4) is 0 Å². The molecule has 3 atom stereocenters. The van der Waals surface area contributed by atoms with E-state index in [0.29, 0.717) is 28.2 Å². The van der Waals surface area contributed by atoms with Crippen molar-refractivity contribution in [2.75, 3.05) is 13.1 Å². The first kappa shape index (κ1) is 14.6. The minimum Gasteiger partial charge on any atom is -0.312 e. The predicted octanol–water partition coefficient (Wildman–Crippen LogP) is 4.27. The summed E-state index contributed by atoms with van der Waals surface area (Å²) in [6.45, 7) is 4.58. The first-order valence-corrected chi connectivity index (χ1v) is 8.37. The van der Waals surface area contributed by atoms with Gasteiger partial charge >= 0.3 is 0 Å². The Labute approximate surface area is 131 Å². The van der Waals surface area contributed by atoms with Gasteiger partial charge in [0.25, 0.3) is 0 Å². The van der Waals surface area contributed by atoms with Crippen molar-refractivity contribution in [2.24, 2.45) is 0 Å². The number of nitrogens with one attached hydrogen (secondary N) is 1. The van der Waals surface area contributed by atoms with E-state index in [9.17, 15) is 0 Å². The molecule has 110 valence electrons. The number of hydrogen-bond acceptors (Lipinski definition) is 2. The number of hydrogen-bond donors (Lipinski definition) is 1. The highest BCUT2D eigenvalue weighted by Gasteiger charge is 2.36. The summed E-state index contributed by atoms with van der Waals surface area (Å²) in [7, 11) is 0. The normalized spacial score (nSPS) is 28.9. The second kappa shape index (κ2) is 6.23. The maximum atomic E-state index is 6.40. The van der Waals surface area contributed by atoms with Crippen LogP contribution in [0.2, 0.25) is 10.0 Å². The molecule has 4 heteroatoms. The van der Waals surface area contributed by atoms with Crippen molar-refractivity contribution in [2.45, 2.75) is 50.7 Å². The van der Waals surface area contributed by atoms with Crippen molar-refractivity contribution in [3.05, 3.63) is 33.8 Å². The summed E-state index contributed by atoms with van der Waals surface area (Å²) in [6.07, 6.45) is 5.18. The minimum atomic E-state index is 0.330. The largest absolute Gasteiger partial charge is 0.312 e. The average molecular weight is 313 g/mol. The van der Waals surface area contributed by atoms with Crippen LogP contribution in [-0.4, -0.2) is 30.1 Å². The molecule has 0 spiro atoms. The van der Waals surface area contributed by atoms with Crippen molar-refractivity contribution in [3.63, 3.8) is 0 Å². The SMILES string of the molecule is CC(c1cccc(Cl)c1Cl)N1CCCC1C1CCCN1. The van der Waals surface area contributed by atoms with Crippen LogP contribution in [0.25, 0.3) is 0 Å². The number of likely N-dealkylation sites (tertiary alicyclic amines) is 1. The fourth-order valence-electron chi connectivity index (χ4n) is 3.79. The molecule has 0 radical (unpaired) electrons. The van der Waals surface area contributed by atoms with Gasteiger partial charge in [-0.25, -0.2) is 0 Å². The summed E-state index contributed by atoms with van der Waals surface area (Å²) < 4.78 is 0. The second-order valence-corrected chi connectivity index (χ2v) is 6.75. The van der Waals surface area contributed by atoms with Crippen LogP contribution in [0.15, 0.2) is 18.2 Å². The molecule has 0 bridgehead atoms. The van der Waals surface area contributed by atoms with E-state index in [-0.39, 0.29) is 0 Å². The summed E-state index contributed by atoms with van der Waals surface area (Å²) in [5.74, 6) is 0. The lowest BCUT2D eigenvalue weighted by atomic mass is 10.0. The van der Waals surface area contributed by atoms with Crippen LogP contribution in [0.3, 0.4) is 0 Å². The van der Waals surface area contributed by atoms with Crippen LogP contribution in [0.5, 0.6) is 0 Å². The number of nitrogens with zero attached hydrogens (tertiary/aromatic N) is 1. The van der Waals surface area contributed by atoms with E-state index in [4.69, 9.17) is 23.2 Å². The molecule has 20 heavy (non-hydrogen) atoms. The Morgan fingerprint density at radius 3 is 2.85 bits per heavy atom. The Kier molecular flexibility index (Phi) is 4.56. The smallest absolute Gasteiger partial charge is 0.0640 e. The first-order chi connectivity index (χ1) is 9.68. The van der Waals surface area contributed by atoms with Gasteiger partial charge in [0.05, 0.1) is 10.0 Å². The Hall–Kier alpha value is -0.280. The molecule has 0 aliphatic carbocycles. The lowest BCUT2D eigenvalue weighted by molar-refractivity contribution is 0.163. The van der Waals surface area contributed by atoms with Crippen molar-refractivity contribution >= 4 is 23.2 Å². The van der Waals surface area contributed by atoms with E-state index < -0.39 is 0 Å². The van der Waals surface area contributed by atoms with E-state index in [1.165, 1.54) is 32.2 Å². The van der Waals surface area contributed by atoms with Crippen molar-refractivity contribution in [1.29, 1.82) is 0 Å². The molecule has 2 aliphatic rings. The monoisotopic (exact) mass is 312 g/mol. The quantitative estimate of drug-likeness (QED) is 0.896. The predicted molar refractivity (Wildman–Crippen MR) is 85.6 cm³/mol. The van der Waals surface area contributed by atoms with Crippen LogP contribution in [-0.2, 0) is 0 Å². The van der Waals surface area contributed by atoms with Gasteiger partial charge in [-0.15, -0.1) is 0 Å². The third-order valence-electron chi connectivity index (χ3n) is 4.83.